The van der Waals surface area contributed by atoms with E-state index in [1.807, 2.05) is 41.5 Å². The third-order valence-electron chi connectivity index (χ3n) is 5.88. The minimum atomic E-state index is -1.44. The first kappa shape index (κ1) is 17.3. The summed E-state index contributed by atoms with van der Waals surface area (Å²) in [4.78, 5) is 13.0. The largest absolute Gasteiger partial charge is 0.491 e. The molecule has 0 saturated heterocycles. The quantitative estimate of drug-likeness (QED) is 0.865. The molecule has 2 rings (SSSR count). The number of ether oxygens (including phenoxy) is 2. The zero-order valence-corrected chi connectivity index (χ0v) is 15.1. The van der Waals surface area contributed by atoms with Gasteiger partial charge in [-0.1, -0.05) is 20.8 Å². The number of Topliss-reactive ketones (excluding diaryl/α,β-unsaturated/α-hetero) is 1. The lowest BCUT2D eigenvalue weighted by Gasteiger charge is -2.38. The van der Waals surface area contributed by atoms with Gasteiger partial charge in [-0.15, -0.1) is 0 Å². The average Bonchev–Trinajstić information content (AvgIpc) is 2.65. The van der Waals surface area contributed by atoms with Crippen molar-refractivity contribution in [2.45, 2.75) is 73.2 Å². The van der Waals surface area contributed by atoms with Crippen molar-refractivity contribution in [3.63, 3.8) is 0 Å². The average molecular weight is 310 g/mol. The fourth-order valence-electron chi connectivity index (χ4n) is 4.25. The number of fused-ring (bicyclic) bond motifs is 1. The van der Waals surface area contributed by atoms with Crippen LogP contribution >= 0.6 is 0 Å². The summed E-state index contributed by atoms with van der Waals surface area (Å²) >= 11 is 0. The summed E-state index contributed by atoms with van der Waals surface area (Å²) in [5.74, 6) is 0.651. The molecule has 4 heteroatoms. The minimum absolute atomic E-state index is 0.0776. The van der Waals surface area contributed by atoms with Crippen LogP contribution in [0.3, 0.4) is 0 Å². The van der Waals surface area contributed by atoms with E-state index >= 15 is 0 Å². The summed E-state index contributed by atoms with van der Waals surface area (Å²) in [7, 11) is 0. The molecule has 1 N–H and O–H groups in total. The normalized spacial score (nSPS) is 41.6. The topological polar surface area (TPSA) is 55.8 Å². The highest BCUT2D eigenvalue weighted by atomic mass is 16.5. The van der Waals surface area contributed by atoms with Gasteiger partial charge in [-0.2, -0.15) is 0 Å². The zero-order chi connectivity index (χ0) is 17.0. The van der Waals surface area contributed by atoms with Crippen molar-refractivity contribution in [2.24, 2.45) is 23.2 Å². The molecule has 0 aliphatic heterocycles. The SMILES string of the molecule is CC(C)OC1=C(OC(C)C)[C@]2(C)[C@H](C)[C@@H](C)[C@@H](C)[C@]2(O)C1=O. The van der Waals surface area contributed by atoms with Crippen LogP contribution in [0.2, 0.25) is 0 Å². The predicted octanol–water partition coefficient (Wildman–Crippen LogP) is 3.29. The minimum Gasteiger partial charge on any atom is -0.491 e. The Bertz CT molecular complexity index is 507. The molecule has 126 valence electrons. The van der Waals surface area contributed by atoms with E-state index in [0.717, 1.165) is 0 Å². The van der Waals surface area contributed by atoms with Crippen LogP contribution in [0.25, 0.3) is 0 Å². The van der Waals surface area contributed by atoms with E-state index in [0.29, 0.717) is 5.76 Å². The molecular formula is C18H30O4. The lowest BCUT2D eigenvalue weighted by atomic mass is 9.71. The van der Waals surface area contributed by atoms with Crippen molar-refractivity contribution in [2.75, 3.05) is 0 Å². The van der Waals surface area contributed by atoms with Crippen LogP contribution in [0.4, 0.5) is 0 Å². The van der Waals surface area contributed by atoms with Gasteiger partial charge < -0.3 is 14.6 Å². The molecule has 0 heterocycles. The number of aliphatic hydroxyl groups is 1. The first-order chi connectivity index (χ1) is 9.99. The second kappa shape index (κ2) is 5.26. The Hall–Kier alpha value is -1.03. The highest BCUT2D eigenvalue weighted by Gasteiger charge is 2.74. The number of ketones is 1. The van der Waals surface area contributed by atoms with Gasteiger partial charge in [0.05, 0.1) is 17.6 Å². The molecule has 1 saturated carbocycles. The molecule has 22 heavy (non-hydrogen) atoms. The summed E-state index contributed by atoms with van der Waals surface area (Å²) < 4.78 is 11.8. The Balaban J connectivity index is 2.64. The molecule has 0 aromatic rings. The lowest BCUT2D eigenvalue weighted by molar-refractivity contribution is -0.149. The molecule has 0 aromatic carbocycles. The third kappa shape index (κ3) is 1.96. The molecule has 0 aromatic heterocycles. The summed E-state index contributed by atoms with van der Waals surface area (Å²) in [6.07, 6.45) is -0.218. The maximum Gasteiger partial charge on any atom is 0.233 e. The van der Waals surface area contributed by atoms with E-state index in [1.54, 1.807) is 0 Å². The lowest BCUT2D eigenvalue weighted by Crippen LogP contribution is -2.51. The van der Waals surface area contributed by atoms with Crippen molar-refractivity contribution in [3.05, 3.63) is 11.5 Å². The van der Waals surface area contributed by atoms with Gasteiger partial charge in [0.15, 0.2) is 5.76 Å². The smallest absolute Gasteiger partial charge is 0.233 e. The van der Waals surface area contributed by atoms with E-state index in [1.165, 1.54) is 0 Å². The number of carbonyl (C=O) groups excluding carboxylic acids is 1. The molecule has 0 unspecified atom stereocenters. The van der Waals surface area contributed by atoms with E-state index in [2.05, 4.69) is 13.8 Å². The monoisotopic (exact) mass is 310 g/mol. The second-order valence-corrected chi connectivity index (χ2v) is 7.73. The van der Waals surface area contributed by atoms with Gasteiger partial charge in [0.1, 0.15) is 5.60 Å². The maximum absolute atomic E-state index is 13.0. The second-order valence-electron chi connectivity index (χ2n) is 7.73. The Morgan fingerprint density at radius 3 is 1.95 bits per heavy atom. The van der Waals surface area contributed by atoms with Crippen LogP contribution < -0.4 is 0 Å². The van der Waals surface area contributed by atoms with Crippen LogP contribution in [0.1, 0.15) is 55.4 Å². The molecule has 0 spiro atoms. The number of rotatable bonds is 4. The highest BCUT2D eigenvalue weighted by Crippen LogP contribution is 2.65. The molecule has 0 bridgehead atoms. The summed E-state index contributed by atoms with van der Waals surface area (Å²) in [6, 6.07) is 0. The Morgan fingerprint density at radius 1 is 1.00 bits per heavy atom. The fraction of sp³-hybridized carbons (Fsp3) is 0.833. The van der Waals surface area contributed by atoms with Crippen LogP contribution in [0, 0.1) is 23.2 Å². The number of hydrogen-bond donors (Lipinski definition) is 1. The van der Waals surface area contributed by atoms with Crippen LogP contribution in [0.15, 0.2) is 11.5 Å². The van der Waals surface area contributed by atoms with Gasteiger partial charge in [-0.25, -0.2) is 0 Å². The van der Waals surface area contributed by atoms with Crippen molar-refractivity contribution in [1.82, 2.24) is 0 Å². The van der Waals surface area contributed by atoms with Crippen molar-refractivity contribution in [3.8, 4) is 0 Å². The third-order valence-corrected chi connectivity index (χ3v) is 5.88. The summed E-state index contributed by atoms with van der Waals surface area (Å²) in [6.45, 7) is 15.7. The fourth-order valence-corrected chi connectivity index (χ4v) is 4.25. The van der Waals surface area contributed by atoms with E-state index < -0.39 is 11.0 Å². The van der Waals surface area contributed by atoms with Gasteiger partial charge in [-0.05, 0) is 52.4 Å². The van der Waals surface area contributed by atoms with E-state index in [4.69, 9.17) is 9.47 Å². The molecule has 2 aliphatic carbocycles. The van der Waals surface area contributed by atoms with Crippen LogP contribution in [-0.4, -0.2) is 28.7 Å². The maximum atomic E-state index is 13.0. The van der Waals surface area contributed by atoms with Gasteiger partial charge >= 0.3 is 0 Å². The Morgan fingerprint density at radius 2 is 1.50 bits per heavy atom. The van der Waals surface area contributed by atoms with Gasteiger partial charge in [0.2, 0.25) is 11.5 Å². The standard InChI is InChI=1S/C18H30O4/c1-9(2)21-14-15(19)18(20)13(7)11(5)12(6)17(18,8)16(14)22-10(3)4/h9-13,20H,1-8H3/t11-,12-,13-,17+,18+/m1/s1. The predicted molar refractivity (Wildman–Crippen MR) is 85.0 cm³/mol. The highest BCUT2D eigenvalue weighted by molar-refractivity contribution is 6.05. The molecule has 1 fully saturated rings. The van der Waals surface area contributed by atoms with Crippen LogP contribution in [-0.2, 0) is 14.3 Å². The molecule has 0 radical (unpaired) electrons. The van der Waals surface area contributed by atoms with Crippen molar-refractivity contribution in [1.29, 1.82) is 0 Å². The van der Waals surface area contributed by atoms with Gasteiger partial charge in [-0.3, -0.25) is 4.79 Å². The Kier molecular flexibility index (Phi) is 4.14. The van der Waals surface area contributed by atoms with Gasteiger partial charge in [0.25, 0.3) is 0 Å². The molecule has 2 aliphatic rings. The molecule has 5 atom stereocenters. The number of carbonyl (C=O) groups is 1. The Labute approximate surface area is 133 Å². The summed E-state index contributed by atoms with van der Waals surface area (Å²) in [5.41, 5.74) is -2.18. The van der Waals surface area contributed by atoms with Crippen LogP contribution in [0.5, 0.6) is 0 Å². The molecule has 0 amide bonds. The van der Waals surface area contributed by atoms with Crippen molar-refractivity contribution >= 4 is 5.78 Å². The van der Waals surface area contributed by atoms with E-state index in [-0.39, 0.29) is 41.5 Å². The first-order valence-corrected chi connectivity index (χ1v) is 8.34. The molecule has 4 nitrogen and oxygen atoms in total. The summed E-state index contributed by atoms with van der Waals surface area (Å²) in [5, 5.41) is 11.4. The van der Waals surface area contributed by atoms with E-state index in [9.17, 15) is 9.90 Å². The number of hydrogen-bond acceptors (Lipinski definition) is 4. The van der Waals surface area contributed by atoms with Gasteiger partial charge in [0, 0.05) is 0 Å². The molecular weight excluding hydrogens is 280 g/mol. The van der Waals surface area contributed by atoms with Crippen molar-refractivity contribution < 1.29 is 19.4 Å². The first-order valence-electron chi connectivity index (χ1n) is 8.34. The zero-order valence-electron chi connectivity index (χ0n) is 15.1.